The van der Waals surface area contributed by atoms with Gasteiger partial charge in [-0.25, -0.2) is 10.1 Å². The number of hydrogen-bond donors (Lipinski definition) is 1. The van der Waals surface area contributed by atoms with Gasteiger partial charge in [0.05, 0.1) is 18.0 Å². The van der Waals surface area contributed by atoms with E-state index in [1.54, 1.807) is 0 Å². The van der Waals surface area contributed by atoms with Crippen LogP contribution in [0.3, 0.4) is 0 Å². The molecule has 0 fully saturated rings. The molecular formula is C21H19F2O5S2+. The third-order valence-electron chi connectivity index (χ3n) is 3.53. The number of hydrogen-bond acceptors (Lipinski definition) is 6. The minimum atomic E-state index is -3.89. The fourth-order valence-electron chi connectivity index (χ4n) is 2.29. The zero-order chi connectivity index (χ0) is 21.8. The van der Waals surface area contributed by atoms with Gasteiger partial charge in [-0.2, -0.15) is 8.78 Å². The maximum absolute atomic E-state index is 12.2. The van der Waals surface area contributed by atoms with E-state index in [1.165, 1.54) is 14.7 Å². The molecule has 0 bridgehead atoms. The van der Waals surface area contributed by atoms with Crippen LogP contribution in [0.15, 0.2) is 106 Å². The molecule has 30 heavy (non-hydrogen) atoms. The van der Waals surface area contributed by atoms with E-state index < -0.39 is 23.3 Å². The van der Waals surface area contributed by atoms with Gasteiger partial charge < -0.3 is 4.74 Å². The monoisotopic (exact) mass is 453 g/mol. The summed E-state index contributed by atoms with van der Waals surface area (Å²) in [6.07, 6.45) is 0. The molecule has 0 aliphatic heterocycles. The Morgan fingerprint density at radius 2 is 1.20 bits per heavy atom. The van der Waals surface area contributed by atoms with Crippen LogP contribution in [0.5, 0.6) is 0 Å². The van der Waals surface area contributed by atoms with Gasteiger partial charge in [-0.1, -0.05) is 59.6 Å². The molecule has 0 amide bonds. The van der Waals surface area contributed by atoms with Gasteiger partial charge in [0.1, 0.15) is 12.0 Å². The van der Waals surface area contributed by atoms with E-state index in [2.05, 4.69) is 105 Å². The molecule has 3 aromatic rings. The van der Waals surface area contributed by atoms with Gasteiger partial charge in [-0.15, -0.1) is 4.33 Å². The van der Waals surface area contributed by atoms with Crippen LogP contribution in [0.1, 0.15) is 0 Å². The second kappa shape index (κ2) is 12.3. The average Bonchev–Trinajstić information content (AvgIpc) is 2.80. The summed E-state index contributed by atoms with van der Waals surface area (Å²) in [5.41, 5.74) is 0. The Morgan fingerprint density at radius 3 is 1.50 bits per heavy atom. The number of alkyl halides is 2. The van der Waals surface area contributed by atoms with Crippen molar-refractivity contribution in [3.05, 3.63) is 91.0 Å². The Labute approximate surface area is 180 Å². The lowest BCUT2D eigenvalue weighted by Crippen LogP contribution is -2.26. The van der Waals surface area contributed by atoms with Gasteiger partial charge in [0, 0.05) is 0 Å². The molecular weight excluding hydrogens is 434 g/mol. The van der Waals surface area contributed by atoms with Gasteiger partial charge in [-0.3, -0.25) is 0 Å². The van der Waals surface area contributed by atoms with E-state index in [1.807, 2.05) is 0 Å². The first-order chi connectivity index (χ1) is 14.5. The highest BCUT2D eigenvalue weighted by molar-refractivity contribution is 7.97. The molecule has 0 unspecified atom stereocenters. The van der Waals surface area contributed by atoms with Gasteiger partial charge in [-0.05, 0) is 36.4 Å². The highest BCUT2D eigenvalue weighted by Crippen LogP contribution is 2.31. The zero-order valence-electron chi connectivity index (χ0n) is 15.8. The molecule has 3 rings (SSSR count). The van der Waals surface area contributed by atoms with Crippen molar-refractivity contribution in [3.63, 3.8) is 0 Å². The molecule has 0 atom stereocenters. The summed E-state index contributed by atoms with van der Waals surface area (Å²) in [5.74, 6) is -1.79. The highest BCUT2D eigenvalue weighted by Gasteiger charge is 2.43. The number of ether oxygens (including phenoxy) is 1. The topological polar surface area (TPSA) is 65.0 Å². The van der Waals surface area contributed by atoms with Gasteiger partial charge in [0.2, 0.25) is 0 Å². The zero-order valence-corrected chi connectivity index (χ0v) is 17.4. The minimum Gasteiger partial charge on any atom is -0.464 e. The van der Waals surface area contributed by atoms with Crippen LogP contribution in [-0.4, -0.2) is 23.6 Å². The quantitative estimate of drug-likeness (QED) is 0.165. The number of benzene rings is 3. The van der Waals surface area contributed by atoms with Gasteiger partial charge >= 0.3 is 11.2 Å². The number of rotatable bonds is 7. The van der Waals surface area contributed by atoms with Crippen LogP contribution < -0.4 is 0 Å². The smallest absolute Gasteiger partial charge is 0.415 e. The molecule has 0 aliphatic carbocycles. The number of methoxy groups -OCH3 is 1. The third-order valence-corrected chi connectivity index (χ3v) is 6.26. The van der Waals surface area contributed by atoms with Crippen molar-refractivity contribution >= 4 is 28.9 Å². The number of halogens is 2. The lowest BCUT2D eigenvalue weighted by atomic mass is 10.4. The van der Waals surface area contributed by atoms with Crippen molar-refractivity contribution in [1.29, 1.82) is 0 Å². The summed E-state index contributed by atoms with van der Waals surface area (Å²) in [4.78, 5) is 14.2. The first-order valence-corrected chi connectivity index (χ1v) is 10.5. The Morgan fingerprint density at radius 1 is 0.833 bits per heavy atom. The Hall–Kier alpha value is -2.43. The van der Waals surface area contributed by atoms with E-state index in [0.717, 1.165) is 7.11 Å². The second-order valence-corrected chi connectivity index (χ2v) is 8.32. The molecule has 0 radical (unpaired) electrons. The molecule has 0 saturated carbocycles. The number of carbonyl (C=O) groups excluding carboxylic acids is 1. The minimum absolute atomic E-state index is 0.0146. The van der Waals surface area contributed by atoms with E-state index >= 15 is 0 Å². The molecule has 1 N–H and O–H groups in total. The van der Waals surface area contributed by atoms with Crippen molar-refractivity contribution in [2.75, 3.05) is 7.11 Å². The van der Waals surface area contributed by atoms with Crippen molar-refractivity contribution in [3.8, 4) is 0 Å². The van der Waals surface area contributed by atoms with E-state index in [4.69, 9.17) is 5.26 Å². The normalized spacial score (nSPS) is 10.8. The summed E-state index contributed by atoms with van der Waals surface area (Å²) in [6.45, 7) is 0. The molecule has 5 nitrogen and oxygen atoms in total. The van der Waals surface area contributed by atoms with E-state index in [0.29, 0.717) is 0 Å². The Balaban J connectivity index is 0.000000252. The fraction of sp³-hybridized carbons (Fsp3) is 0.0952. The van der Waals surface area contributed by atoms with Crippen LogP contribution in [0.25, 0.3) is 0 Å². The number of esters is 1. The predicted molar refractivity (Wildman–Crippen MR) is 111 cm³/mol. The van der Waals surface area contributed by atoms with E-state index in [-0.39, 0.29) is 10.9 Å². The van der Waals surface area contributed by atoms with Crippen LogP contribution >= 0.6 is 12.0 Å². The van der Waals surface area contributed by atoms with Gasteiger partial charge in [0.15, 0.2) is 14.7 Å². The standard InChI is InChI=1S/C18H15S.C3H4F2O5S/c1-4-10-16(11-5-1)19(17-12-6-2-7-13-17)18-14-8-3-9-15-18;1-8-2(6)3(4,5)11-10-9-7/h1-15H;7H,1H3/q+1;. The van der Waals surface area contributed by atoms with Crippen molar-refractivity contribution in [2.24, 2.45) is 0 Å². The summed E-state index contributed by atoms with van der Waals surface area (Å²) >= 11 is -0.669. The molecule has 0 aliphatic rings. The summed E-state index contributed by atoms with van der Waals surface area (Å²) in [6, 6.07) is 32.2. The lowest BCUT2D eigenvalue weighted by molar-refractivity contribution is -0.433. The maximum Gasteiger partial charge on any atom is 0.415 e. The third kappa shape index (κ3) is 7.12. The van der Waals surface area contributed by atoms with Crippen molar-refractivity contribution in [1.82, 2.24) is 0 Å². The molecule has 0 heterocycles. The van der Waals surface area contributed by atoms with Crippen molar-refractivity contribution in [2.45, 2.75) is 19.9 Å². The molecule has 3 aromatic carbocycles. The first-order valence-electron chi connectivity index (χ1n) is 8.51. The predicted octanol–water partition coefficient (Wildman–Crippen LogP) is 5.60. The fourth-order valence-corrected chi connectivity index (χ4v) is 4.66. The van der Waals surface area contributed by atoms with Crippen LogP contribution in [0.2, 0.25) is 0 Å². The highest BCUT2D eigenvalue weighted by atomic mass is 32.2. The SMILES string of the molecule is COC(=O)C(F)(F)SOOO.c1ccc([S+](c2ccccc2)c2ccccc2)cc1. The number of carbonyl (C=O) groups is 1. The summed E-state index contributed by atoms with van der Waals surface area (Å²) < 4.78 is 31.4. The summed E-state index contributed by atoms with van der Waals surface area (Å²) in [7, 11) is 0.774. The maximum atomic E-state index is 12.2. The van der Waals surface area contributed by atoms with Crippen LogP contribution in [-0.2, 0) is 29.8 Å². The average molecular weight is 454 g/mol. The Bertz CT molecular complexity index is 790. The van der Waals surface area contributed by atoms with Crippen LogP contribution in [0.4, 0.5) is 8.78 Å². The van der Waals surface area contributed by atoms with Crippen LogP contribution in [0, 0.1) is 0 Å². The molecule has 0 spiro atoms. The first kappa shape index (κ1) is 23.8. The molecule has 9 heteroatoms. The lowest BCUT2D eigenvalue weighted by Gasteiger charge is -2.08. The molecule has 158 valence electrons. The Kier molecular flexibility index (Phi) is 9.78. The van der Waals surface area contributed by atoms with Gasteiger partial charge in [0.25, 0.3) is 0 Å². The van der Waals surface area contributed by atoms with Crippen molar-refractivity contribution < 1.29 is 32.9 Å². The second-order valence-electron chi connectivity index (χ2n) is 5.48. The molecule has 0 saturated heterocycles. The molecule has 0 aromatic heterocycles. The largest absolute Gasteiger partial charge is 0.464 e. The summed E-state index contributed by atoms with van der Waals surface area (Å²) in [5, 5.41) is 6.41. The van der Waals surface area contributed by atoms with E-state index in [9.17, 15) is 13.6 Å².